The molecule has 2 N–H and O–H groups in total. The zero-order valence-corrected chi connectivity index (χ0v) is 20.1. The van der Waals surface area contributed by atoms with Gasteiger partial charge in [0.25, 0.3) is 0 Å². The summed E-state index contributed by atoms with van der Waals surface area (Å²) in [5.74, 6) is 1.81. The Labute approximate surface area is 209 Å². The van der Waals surface area contributed by atoms with E-state index in [1.54, 1.807) is 30.3 Å². The summed E-state index contributed by atoms with van der Waals surface area (Å²) in [7, 11) is 0. The van der Waals surface area contributed by atoms with Crippen LogP contribution in [0.1, 0.15) is 29.7 Å². The molecular weight excluding hydrogens is 469 g/mol. The SMILES string of the molecule is CC1=C(c2cc(O)cc(Cl)c2)[C@@H](c2ccc(OCCN3CC(CF)C3)cc2)Oc2ccc(O)cc21. The van der Waals surface area contributed by atoms with Gasteiger partial charge in [-0.15, -0.1) is 0 Å². The fourth-order valence-electron chi connectivity index (χ4n) is 4.76. The number of hydrogen-bond acceptors (Lipinski definition) is 5. The fraction of sp³-hybridized carbons (Fsp3) is 0.286. The highest BCUT2D eigenvalue weighted by molar-refractivity contribution is 6.31. The number of phenols is 2. The van der Waals surface area contributed by atoms with Gasteiger partial charge in [0.05, 0.1) is 6.67 Å². The second-order valence-electron chi connectivity index (χ2n) is 9.11. The zero-order chi connectivity index (χ0) is 24.5. The third-order valence-corrected chi connectivity index (χ3v) is 6.80. The average Bonchev–Trinajstić information content (AvgIpc) is 2.80. The average molecular weight is 496 g/mol. The number of rotatable bonds is 7. The van der Waals surface area contributed by atoms with E-state index in [1.807, 2.05) is 31.2 Å². The van der Waals surface area contributed by atoms with Gasteiger partial charge in [0.15, 0.2) is 0 Å². The first-order valence-corrected chi connectivity index (χ1v) is 12.0. The Bertz CT molecular complexity index is 1230. The molecule has 0 saturated carbocycles. The molecule has 1 saturated heterocycles. The molecule has 5 rings (SSSR count). The smallest absolute Gasteiger partial charge is 0.150 e. The lowest BCUT2D eigenvalue weighted by molar-refractivity contribution is 0.0668. The summed E-state index contributed by atoms with van der Waals surface area (Å²) in [6.45, 7) is 4.63. The first-order chi connectivity index (χ1) is 16.9. The maximum absolute atomic E-state index is 12.6. The Morgan fingerprint density at radius 1 is 1.03 bits per heavy atom. The van der Waals surface area contributed by atoms with E-state index in [-0.39, 0.29) is 24.1 Å². The largest absolute Gasteiger partial charge is 0.508 e. The molecule has 0 unspecified atom stereocenters. The Kier molecular flexibility index (Phi) is 6.58. The van der Waals surface area contributed by atoms with E-state index in [2.05, 4.69) is 4.90 Å². The molecular formula is C28H27ClFNO4. The van der Waals surface area contributed by atoms with Crippen LogP contribution in [-0.2, 0) is 0 Å². The number of alkyl halides is 1. The van der Waals surface area contributed by atoms with Crippen molar-refractivity contribution >= 4 is 22.7 Å². The molecule has 1 fully saturated rings. The zero-order valence-electron chi connectivity index (χ0n) is 19.4. The van der Waals surface area contributed by atoms with Crippen molar-refractivity contribution in [1.29, 1.82) is 0 Å². The quantitative estimate of drug-likeness (QED) is 0.415. The lowest BCUT2D eigenvalue weighted by Gasteiger charge is -2.37. The molecule has 1 atom stereocenters. The van der Waals surface area contributed by atoms with Crippen LogP contribution in [0.3, 0.4) is 0 Å². The molecule has 2 heterocycles. The number of hydrogen-bond donors (Lipinski definition) is 2. The van der Waals surface area contributed by atoms with Crippen molar-refractivity contribution < 1.29 is 24.1 Å². The van der Waals surface area contributed by atoms with Crippen LogP contribution in [-0.4, -0.2) is 48.0 Å². The number of benzene rings is 3. The summed E-state index contributed by atoms with van der Waals surface area (Å²) < 4.78 is 24.9. The summed E-state index contributed by atoms with van der Waals surface area (Å²) in [6.07, 6.45) is -0.447. The number of ether oxygens (including phenoxy) is 2. The number of allylic oxidation sites excluding steroid dienone is 1. The third-order valence-electron chi connectivity index (χ3n) is 6.58. The number of aromatic hydroxyl groups is 2. The summed E-state index contributed by atoms with van der Waals surface area (Å²) in [4.78, 5) is 2.18. The number of phenolic OH excluding ortho intramolecular Hbond substituents is 2. The molecule has 0 amide bonds. The number of fused-ring (bicyclic) bond motifs is 1. The molecule has 3 aromatic carbocycles. The van der Waals surface area contributed by atoms with E-state index in [0.717, 1.165) is 53.2 Å². The Balaban J connectivity index is 1.40. The normalized spacial score (nSPS) is 18.1. The van der Waals surface area contributed by atoms with E-state index >= 15 is 0 Å². The summed E-state index contributed by atoms with van der Waals surface area (Å²) in [5, 5.41) is 20.7. The van der Waals surface area contributed by atoms with Crippen molar-refractivity contribution in [2.24, 2.45) is 5.92 Å². The molecule has 0 radical (unpaired) electrons. The van der Waals surface area contributed by atoms with Crippen molar-refractivity contribution in [2.45, 2.75) is 13.0 Å². The molecule has 2 aliphatic rings. The van der Waals surface area contributed by atoms with Crippen LogP contribution in [0, 0.1) is 5.92 Å². The van der Waals surface area contributed by atoms with Gasteiger partial charge in [0.1, 0.15) is 35.7 Å². The maximum atomic E-state index is 12.6. The van der Waals surface area contributed by atoms with Gasteiger partial charge in [-0.2, -0.15) is 0 Å². The van der Waals surface area contributed by atoms with E-state index in [0.29, 0.717) is 17.4 Å². The lowest BCUT2D eigenvalue weighted by atomic mass is 9.86. The standard InChI is InChI=1S/C28H27ClFNO4/c1-17-25-13-22(32)4-7-26(25)35-28(27(17)20-10-21(29)12-23(33)11-20)19-2-5-24(6-3-19)34-9-8-31-15-18(14-30)16-31/h2-7,10-13,18,28,32-33H,8-9,14-16H2,1H3/t28-/m1/s1. The fourth-order valence-corrected chi connectivity index (χ4v) is 4.99. The van der Waals surface area contributed by atoms with Crippen molar-refractivity contribution in [3.8, 4) is 23.0 Å². The van der Waals surface area contributed by atoms with Gasteiger partial charge < -0.3 is 19.7 Å². The minimum Gasteiger partial charge on any atom is -0.508 e. The minimum atomic E-state index is -0.447. The van der Waals surface area contributed by atoms with Crippen LogP contribution in [0.4, 0.5) is 4.39 Å². The number of halogens is 2. The molecule has 2 aliphatic heterocycles. The molecule has 7 heteroatoms. The third kappa shape index (κ3) is 4.95. The summed E-state index contributed by atoms with van der Waals surface area (Å²) in [5.41, 5.74) is 4.23. The number of likely N-dealkylation sites (tertiary alicyclic amines) is 1. The monoisotopic (exact) mass is 495 g/mol. The van der Waals surface area contributed by atoms with Gasteiger partial charge in [-0.25, -0.2) is 0 Å². The molecule has 35 heavy (non-hydrogen) atoms. The van der Waals surface area contributed by atoms with Crippen LogP contribution in [0.2, 0.25) is 5.02 Å². The van der Waals surface area contributed by atoms with Gasteiger partial charge >= 0.3 is 0 Å². The Morgan fingerprint density at radius 2 is 1.80 bits per heavy atom. The van der Waals surface area contributed by atoms with Gasteiger partial charge in [0, 0.05) is 41.7 Å². The van der Waals surface area contributed by atoms with Crippen molar-refractivity contribution in [2.75, 3.05) is 32.9 Å². The second kappa shape index (κ2) is 9.80. The lowest BCUT2D eigenvalue weighted by Crippen LogP contribution is -2.49. The molecule has 5 nitrogen and oxygen atoms in total. The predicted molar refractivity (Wildman–Crippen MR) is 135 cm³/mol. The number of nitrogens with zero attached hydrogens (tertiary/aromatic N) is 1. The van der Waals surface area contributed by atoms with Gasteiger partial charge in [0.2, 0.25) is 0 Å². The van der Waals surface area contributed by atoms with E-state index in [1.165, 1.54) is 6.07 Å². The van der Waals surface area contributed by atoms with Crippen LogP contribution < -0.4 is 9.47 Å². The van der Waals surface area contributed by atoms with E-state index in [9.17, 15) is 14.6 Å². The highest BCUT2D eigenvalue weighted by Crippen LogP contribution is 2.48. The van der Waals surface area contributed by atoms with Gasteiger partial charge in [-0.1, -0.05) is 23.7 Å². The predicted octanol–water partition coefficient (Wildman–Crippen LogP) is 6.10. The summed E-state index contributed by atoms with van der Waals surface area (Å²) in [6, 6.07) is 17.7. The van der Waals surface area contributed by atoms with Gasteiger partial charge in [-0.3, -0.25) is 9.29 Å². The Hall–Kier alpha value is -3.22. The topological polar surface area (TPSA) is 62.2 Å². The summed E-state index contributed by atoms with van der Waals surface area (Å²) >= 11 is 6.26. The second-order valence-corrected chi connectivity index (χ2v) is 9.55. The van der Waals surface area contributed by atoms with Crippen molar-refractivity contribution in [3.63, 3.8) is 0 Å². The van der Waals surface area contributed by atoms with Crippen LogP contribution >= 0.6 is 11.6 Å². The van der Waals surface area contributed by atoms with E-state index in [4.69, 9.17) is 21.1 Å². The van der Waals surface area contributed by atoms with Crippen LogP contribution in [0.5, 0.6) is 23.0 Å². The first kappa shape index (κ1) is 23.5. The highest BCUT2D eigenvalue weighted by atomic mass is 35.5. The van der Waals surface area contributed by atoms with Crippen LogP contribution in [0.15, 0.2) is 60.7 Å². The van der Waals surface area contributed by atoms with E-state index < -0.39 is 6.10 Å². The van der Waals surface area contributed by atoms with Crippen LogP contribution in [0.25, 0.3) is 11.1 Å². The molecule has 0 spiro atoms. The molecule has 0 bridgehead atoms. The molecule has 0 aromatic heterocycles. The highest BCUT2D eigenvalue weighted by Gasteiger charge is 2.30. The Morgan fingerprint density at radius 3 is 2.51 bits per heavy atom. The minimum absolute atomic E-state index is 0.0667. The molecule has 182 valence electrons. The first-order valence-electron chi connectivity index (χ1n) is 11.6. The molecule has 0 aliphatic carbocycles. The van der Waals surface area contributed by atoms with Gasteiger partial charge in [-0.05, 0) is 72.2 Å². The maximum Gasteiger partial charge on any atom is 0.150 e. The van der Waals surface area contributed by atoms with Crippen molar-refractivity contribution in [3.05, 3.63) is 82.4 Å². The molecule has 3 aromatic rings. The van der Waals surface area contributed by atoms with Crippen molar-refractivity contribution in [1.82, 2.24) is 4.90 Å².